The Morgan fingerprint density at radius 3 is 3.04 bits per heavy atom. The number of nitrogens with zero attached hydrogens (tertiary/aromatic N) is 3. The van der Waals surface area contributed by atoms with E-state index in [0.717, 1.165) is 5.56 Å². The Labute approximate surface area is 137 Å². The molecule has 1 amide bonds. The third-order valence-corrected chi connectivity index (χ3v) is 3.73. The van der Waals surface area contributed by atoms with E-state index in [1.807, 2.05) is 0 Å². The average molecular weight is 331 g/mol. The number of H-pyrrole nitrogens is 1. The van der Waals surface area contributed by atoms with Crippen molar-refractivity contribution in [3.63, 3.8) is 0 Å². The molecular weight excluding hydrogens is 314 g/mol. The van der Waals surface area contributed by atoms with E-state index in [1.54, 1.807) is 18.3 Å². The molecule has 1 aliphatic rings. The molecule has 0 radical (unpaired) electrons. The summed E-state index contributed by atoms with van der Waals surface area (Å²) in [6, 6.07) is 3.49. The molecule has 0 aliphatic heterocycles. The summed E-state index contributed by atoms with van der Waals surface area (Å²) < 4.78 is 5.59. The number of rotatable bonds is 7. The smallest absolute Gasteiger partial charge is 0.322 e. The van der Waals surface area contributed by atoms with Gasteiger partial charge < -0.3 is 10.1 Å². The number of hydrogen-bond acceptors (Lipinski definition) is 6. The molecule has 126 valence electrons. The van der Waals surface area contributed by atoms with Crippen LogP contribution in [0.15, 0.2) is 18.3 Å². The highest BCUT2D eigenvalue weighted by atomic mass is 16.6. The molecule has 0 saturated heterocycles. The van der Waals surface area contributed by atoms with Gasteiger partial charge in [-0.15, -0.1) is 0 Å². The Bertz CT molecular complexity index is 769. The van der Waals surface area contributed by atoms with Gasteiger partial charge in [0.15, 0.2) is 0 Å². The summed E-state index contributed by atoms with van der Waals surface area (Å²) in [7, 11) is 0. The maximum atomic E-state index is 12.1. The topological polar surface area (TPSA) is 123 Å². The van der Waals surface area contributed by atoms with E-state index in [-0.39, 0.29) is 23.6 Å². The lowest BCUT2D eigenvalue weighted by Gasteiger charge is -2.07. The van der Waals surface area contributed by atoms with E-state index in [4.69, 9.17) is 4.74 Å². The fourth-order valence-corrected chi connectivity index (χ4v) is 2.20. The summed E-state index contributed by atoms with van der Waals surface area (Å²) in [6.07, 6.45) is 3.99. The van der Waals surface area contributed by atoms with Gasteiger partial charge >= 0.3 is 5.69 Å². The van der Waals surface area contributed by atoms with E-state index in [1.165, 1.54) is 19.8 Å². The zero-order valence-corrected chi connectivity index (χ0v) is 13.1. The van der Waals surface area contributed by atoms with Gasteiger partial charge in [-0.25, -0.2) is 4.98 Å². The second-order valence-corrected chi connectivity index (χ2v) is 5.74. The van der Waals surface area contributed by atoms with Crippen molar-refractivity contribution in [1.29, 1.82) is 0 Å². The Hall–Kier alpha value is -2.97. The molecule has 1 fully saturated rings. The van der Waals surface area contributed by atoms with Crippen LogP contribution in [0.25, 0.3) is 0 Å². The number of ether oxygens (including phenoxy) is 1. The Morgan fingerprint density at radius 1 is 1.54 bits per heavy atom. The zero-order valence-electron chi connectivity index (χ0n) is 13.1. The minimum absolute atomic E-state index is 0.199. The highest BCUT2D eigenvalue weighted by molar-refractivity contribution is 5.96. The molecule has 0 unspecified atom stereocenters. The van der Waals surface area contributed by atoms with Crippen LogP contribution in [0, 0.1) is 23.0 Å². The first-order valence-electron chi connectivity index (χ1n) is 7.60. The highest BCUT2D eigenvalue weighted by Gasteiger charge is 2.27. The predicted molar refractivity (Wildman–Crippen MR) is 83.6 cm³/mol. The Balaban J connectivity index is 1.61. The molecule has 2 N–H and O–H groups in total. The molecular formula is C15H17N5O4. The van der Waals surface area contributed by atoms with Crippen LogP contribution in [0.5, 0.6) is 5.88 Å². The summed E-state index contributed by atoms with van der Waals surface area (Å²) in [5, 5.41) is 19.8. The van der Waals surface area contributed by atoms with E-state index in [9.17, 15) is 14.9 Å². The number of carbonyl (C=O) groups is 1. The van der Waals surface area contributed by atoms with Crippen molar-refractivity contribution < 1.29 is 14.5 Å². The highest BCUT2D eigenvalue weighted by Crippen LogP contribution is 2.29. The van der Waals surface area contributed by atoms with Gasteiger partial charge in [-0.1, -0.05) is 0 Å². The fourth-order valence-electron chi connectivity index (χ4n) is 2.20. The Morgan fingerprint density at radius 2 is 2.33 bits per heavy atom. The molecule has 1 saturated carbocycles. The molecule has 24 heavy (non-hydrogen) atoms. The van der Waals surface area contributed by atoms with E-state index in [0.29, 0.717) is 18.4 Å². The molecule has 9 heteroatoms. The summed E-state index contributed by atoms with van der Waals surface area (Å²) in [4.78, 5) is 26.6. The van der Waals surface area contributed by atoms with Crippen molar-refractivity contribution >= 4 is 11.6 Å². The van der Waals surface area contributed by atoms with Crippen LogP contribution in [0.1, 0.15) is 34.6 Å². The summed E-state index contributed by atoms with van der Waals surface area (Å²) in [6.45, 7) is 2.35. The minimum atomic E-state index is -0.621. The van der Waals surface area contributed by atoms with Crippen LogP contribution in [0.4, 0.5) is 5.69 Å². The molecule has 0 bridgehead atoms. The minimum Gasteiger partial charge on any atom is -0.477 e. The number of aryl methyl sites for hydroxylation is 1. The first kappa shape index (κ1) is 15.9. The number of aromatic amines is 1. The van der Waals surface area contributed by atoms with Crippen molar-refractivity contribution in [3.8, 4) is 5.88 Å². The third kappa shape index (κ3) is 3.67. The zero-order chi connectivity index (χ0) is 17.1. The number of amides is 1. The molecule has 2 aromatic rings. The van der Waals surface area contributed by atoms with Gasteiger partial charge in [0.1, 0.15) is 5.69 Å². The molecule has 3 rings (SSSR count). The third-order valence-electron chi connectivity index (χ3n) is 3.73. The van der Waals surface area contributed by atoms with E-state index in [2.05, 4.69) is 20.5 Å². The first-order chi connectivity index (χ1) is 11.5. The summed E-state index contributed by atoms with van der Waals surface area (Å²) in [5.41, 5.74) is 0.497. The number of hydrogen-bond donors (Lipinski definition) is 2. The number of nitro groups is 1. The van der Waals surface area contributed by atoms with Crippen molar-refractivity contribution in [2.45, 2.75) is 26.3 Å². The van der Waals surface area contributed by atoms with Crippen LogP contribution in [0.2, 0.25) is 0 Å². The van der Waals surface area contributed by atoms with E-state index < -0.39 is 10.8 Å². The summed E-state index contributed by atoms with van der Waals surface area (Å²) >= 11 is 0. The van der Waals surface area contributed by atoms with Gasteiger partial charge in [-0.2, -0.15) is 5.10 Å². The Kier molecular flexibility index (Phi) is 4.41. The van der Waals surface area contributed by atoms with E-state index >= 15 is 0 Å². The maximum Gasteiger partial charge on any atom is 0.322 e. The molecule has 0 aromatic carbocycles. The summed E-state index contributed by atoms with van der Waals surface area (Å²) in [5.74, 6) is 0.525. The van der Waals surface area contributed by atoms with Crippen LogP contribution >= 0.6 is 0 Å². The van der Waals surface area contributed by atoms with Crippen molar-refractivity contribution in [3.05, 3.63) is 45.4 Å². The second kappa shape index (κ2) is 6.65. The van der Waals surface area contributed by atoms with Gasteiger partial charge in [0.05, 0.1) is 11.5 Å². The second-order valence-electron chi connectivity index (χ2n) is 5.74. The molecule has 0 atom stereocenters. The molecule has 0 spiro atoms. The standard InChI is InChI=1S/C15H17N5O4/c1-9-14(20(22)23)13(19-18-9)15(21)17-7-11-4-5-16-12(6-11)24-8-10-2-3-10/h4-6,10H,2-3,7-8H2,1H3,(H,17,21)(H,18,19). The lowest BCUT2D eigenvalue weighted by atomic mass is 10.2. The average Bonchev–Trinajstić information content (AvgIpc) is 3.31. The quantitative estimate of drug-likeness (QED) is 0.588. The van der Waals surface area contributed by atoms with Crippen molar-refractivity contribution in [2.24, 2.45) is 5.92 Å². The molecule has 2 heterocycles. The number of aromatic nitrogens is 3. The van der Waals surface area contributed by atoms with Crippen molar-refractivity contribution in [2.75, 3.05) is 6.61 Å². The first-order valence-corrected chi connectivity index (χ1v) is 7.60. The van der Waals surface area contributed by atoms with Gasteiger partial charge in [-0.3, -0.25) is 20.0 Å². The SMILES string of the molecule is Cc1[nH]nc(C(=O)NCc2ccnc(OCC3CC3)c2)c1[N+](=O)[O-]. The monoisotopic (exact) mass is 331 g/mol. The normalized spacial score (nSPS) is 13.5. The molecule has 9 nitrogen and oxygen atoms in total. The number of nitrogens with one attached hydrogen (secondary N) is 2. The van der Waals surface area contributed by atoms with Gasteiger partial charge in [0.2, 0.25) is 11.6 Å². The predicted octanol–water partition coefficient (Wildman–Crippen LogP) is 1.74. The maximum absolute atomic E-state index is 12.1. The lowest BCUT2D eigenvalue weighted by Crippen LogP contribution is -2.24. The van der Waals surface area contributed by atoms with Crippen LogP contribution in [-0.4, -0.2) is 32.6 Å². The van der Waals surface area contributed by atoms with Crippen LogP contribution < -0.4 is 10.1 Å². The molecule has 2 aromatic heterocycles. The van der Waals surface area contributed by atoms with Gasteiger partial charge in [0.25, 0.3) is 5.91 Å². The lowest BCUT2D eigenvalue weighted by molar-refractivity contribution is -0.385. The van der Waals surface area contributed by atoms with Gasteiger partial charge in [-0.05, 0) is 37.3 Å². The van der Waals surface area contributed by atoms with Gasteiger partial charge in [0, 0.05) is 18.8 Å². The van der Waals surface area contributed by atoms with Crippen LogP contribution in [-0.2, 0) is 6.54 Å². The number of pyridine rings is 1. The number of carbonyl (C=O) groups excluding carboxylic acids is 1. The van der Waals surface area contributed by atoms with Crippen molar-refractivity contribution in [1.82, 2.24) is 20.5 Å². The molecule has 1 aliphatic carbocycles. The fraction of sp³-hybridized carbons (Fsp3) is 0.400. The largest absolute Gasteiger partial charge is 0.477 e. The van der Waals surface area contributed by atoms with Crippen LogP contribution in [0.3, 0.4) is 0 Å².